The van der Waals surface area contributed by atoms with Gasteiger partial charge in [-0.15, -0.1) is 6.58 Å². The maximum absolute atomic E-state index is 12.0. The van der Waals surface area contributed by atoms with Crippen molar-refractivity contribution in [3.05, 3.63) is 43.2 Å². The summed E-state index contributed by atoms with van der Waals surface area (Å²) >= 11 is 0. The number of anilines is 1. The molecule has 0 spiro atoms. The van der Waals surface area contributed by atoms with Gasteiger partial charge in [0.05, 0.1) is 6.33 Å². The SMILES string of the molecule is C=CCn1cnc(-c2ccc(OC(F)F)cc2)c1N. The lowest BCUT2D eigenvalue weighted by molar-refractivity contribution is -0.0498. The molecule has 6 heteroatoms. The summed E-state index contributed by atoms with van der Waals surface area (Å²) in [6.07, 6.45) is 3.32. The second-order valence-electron chi connectivity index (χ2n) is 3.82. The molecule has 0 amide bonds. The quantitative estimate of drug-likeness (QED) is 0.846. The highest BCUT2D eigenvalue weighted by atomic mass is 19.3. The Morgan fingerprint density at radius 1 is 1.37 bits per heavy atom. The third-order valence-corrected chi connectivity index (χ3v) is 2.56. The minimum Gasteiger partial charge on any atom is -0.435 e. The minimum atomic E-state index is -2.83. The first-order chi connectivity index (χ1) is 9.11. The molecule has 1 aromatic heterocycles. The maximum atomic E-state index is 12.0. The zero-order valence-corrected chi connectivity index (χ0v) is 10.1. The van der Waals surface area contributed by atoms with Crippen molar-refractivity contribution in [3.63, 3.8) is 0 Å². The first-order valence-corrected chi connectivity index (χ1v) is 5.58. The molecule has 2 rings (SSSR count). The molecule has 0 aliphatic carbocycles. The summed E-state index contributed by atoms with van der Waals surface area (Å²) in [5.41, 5.74) is 7.28. The lowest BCUT2D eigenvalue weighted by Crippen LogP contribution is -2.02. The van der Waals surface area contributed by atoms with Crippen LogP contribution in [-0.2, 0) is 6.54 Å². The summed E-state index contributed by atoms with van der Waals surface area (Å²) in [5.74, 6) is 0.602. The Balaban J connectivity index is 2.24. The summed E-state index contributed by atoms with van der Waals surface area (Å²) in [7, 11) is 0. The fourth-order valence-electron chi connectivity index (χ4n) is 1.69. The van der Waals surface area contributed by atoms with Crippen molar-refractivity contribution in [2.75, 3.05) is 5.73 Å². The van der Waals surface area contributed by atoms with Crippen LogP contribution in [0.5, 0.6) is 5.75 Å². The number of imidazole rings is 1. The van der Waals surface area contributed by atoms with Crippen LogP contribution >= 0.6 is 0 Å². The Bertz CT molecular complexity index is 564. The number of aromatic nitrogens is 2. The van der Waals surface area contributed by atoms with E-state index in [4.69, 9.17) is 5.73 Å². The summed E-state index contributed by atoms with van der Waals surface area (Å²) in [6.45, 7) is 1.36. The molecule has 100 valence electrons. The van der Waals surface area contributed by atoms with Crippen LogP contribution in [0.2, 0.25) is 0 Å². The number of benzene rings is 1. The normalized spacial score (nSPS) is 10.7. The van der Waals surface area contributed by atoms with Gasteiger partial charge in [0.15, 0.2) is 0 Å². The van der Waals surface area contributed by atoms with Crippen LogP contribution in [0.1, 0.15) is 0 Å². The predicted octanol–water partition coefficient (Wildman–Crippen LogP) is 2.92. The first kappa shape index (κ1) is 13.1. The average Bonchev–Trinajstić information content (AvgIpc) is 2.72. The smallest absolute Gasteiger partial charge is 0.387 e. The van der Waals surface area contributed by atoms with E-state index in [1.807, 2.05) is 0 Å². The summed E-state index contributed by atoms with van der Waals surface area (Å²) < 4.78 is 30.1. The van der Waals surface area contributed by atoms with Gasteiger partial charge in [-0.3, -0.25) is 0 Å². The third kappa shape index (κ3) is 2.90. The molecule has 1 heterocycles. The first-order valence-electron chi connectivity index (χ1n) is 5.58. The van der Waals surface area contributed by atoms with E-state index in [0.717, 1.165) is 5.56 Å². The number of rotatable bonds is 5. The summed E-state index contributed by atoms with van der Waals surface area (Å²) in [6, 6.07) is 6.17. The van der Waals surface area contributed by atoms with Gasteiger partial charge < -0.3 is 15.0 Å². The molecule has 0 radical (unpaired) electrons. The summed E-state index contributed by atoms with van der Waals surface area (Å²) in [5, 5.41) is 0. The molecule has 0 bridgehead atoms. The topological polar surface area (TPSA) is 53.1 Å². The van der Waals surface area contributed by atoms with Crippen molar-refractivity contribution in [1.82, 2.24) is 9.55 Å². The van der Waals surface area contributed by atoms with Gasteiger partial charge in [-0.2, -0.15) is 8.78 Å². The number of nitrogens with two attached hydrogens (primary N) is 1. The molecule has 0 aliphatic heterocycles. The second kappa shape index (κ2) is 5.51. The monoisotopic (exact) mass is 265 g/mol. The van der Waals surface area contributed by atoms with Gasteiger partial charge in [0, 0.05) is 12.1 Å². The third-order valence-electron chi connectivity index (χ3n) is 2.56. The Morgan fingerprint density at radius 2 is 2.05 bits per heavy atom. The van der Waals surface area contributed by atoms with Crippen molar-refractivity contribution in [1.29, 1.82) is 0 Å². The highest BCUT2D eigenvalue weighted by Crippen LogP contribution is 2.26. The Morgan fingerprint density at radius 3 is 2.63 bits per heavy atom. The average molecular weight is 265 g/mol. The standard InChI is InChI=1S/C13H13F2N3O/c1-2-7-18-8-17-11(12(18)16)9-3-5-10(6-4-9)19-13(14)15/h2-6,8,13H,1,7,16H2. The Kier molecular flexibility index (Phi) is 3.79. The van der Waals surface area contributed by atoms with Gasteiger partial charge in [-0.1, -0.05) is 6.08 Å². The van der Waals surface area contributed by atoms with Gasteiger partial charge in [0.1, 0.15) is 17.3 Å². The van der Waals surface area contributed by atoms with Crippen molar-refractivity contribution in [3.8, 4) is 17.0 Å². The van der Waals surface area contributed by atoms with Gasteiger partial charge in [0.2, 0.25) is 0 Å². The van der Waals surface area contributed by atoms with Crippen LogP contribution in [0.15, 0.2) is 43.2 Å². The van der Waals surface area contributed by atoms with Crippen molar-refractivity contribution in [2.24, 2.45) is 0 Å². The molecular weight excluding hydrogens is 252 g/mol. The van der Waals surface area contributed by atoms with E-state index in [9.17, 15) is 8.78 Å². The number of halogens is 2. The molecule has 0 atom stereocenters. The highest BCUT2D eigenvalue weighted by molar-refractivity contribution is 5.70. The van der Waals surface area contributed by atoms with Crippen molar-refractivity contribution >= 4 is 5.82 Å². The molecule has 1 aromatic carbocycles. The zero-order valence-electron chi connectivity index (χ0n) is 10.1. The molecular formula is C13H13F2N3O. The molecule has 0 saturated heterocycles. The van der Waals surface area contributed by atoms with E-state index in [1.54, 1.807) is 29.1 Å². The van der Waals surface area contributed by atoms with Crippen LogP contribution in [0.4, 0.5) is 14.6 Å². The highest BCUT2D eigenvalue weighted by Gasteiger charge is 2.10. The number of hydrogen-bond donors (Lipinski definition) is 1. The van der Waals surface area contributed by atoms with Gasteiger partial charge in [0.25, 0.3) is 0 Å². The van der Waals surface area contributed by atoms with Crippen LogP contribution in [0.3, 0.4) is 0 Å². The van der Waals surface area contributed by atoms with Gasteiger partial charge in [-0.25, -0.2) is 4.98 Å². The maximum Gasteiger partial charge on any atom is 0.387 e. The van der Waals surface area contributed by atoms with E-state index >= 15 is 0 Å². The van der Waals surface area contributed by atoms with Crippen molar-refractivity contribution < 1.29 is 13.5 Å². The Labute approximate surface area is 109 Å². The lowest BCUT2D eigenvalue weighted by Gasteiger charge is -2.06. The molecule has 2 aromatic rings. The number of ether oxygens (including phenoxy) is 1. The van der Waals surface area contributed by atoms with E-state index in [1.165, 1.54) is 12.1 Å². The number of nitrogen functional groups attached to an aromatic ring is 1. The van der Waals surface area contributed by atoms with Crippen LogP contribution in [0.25, 0.3) is 11.3 Å². The lowest BCUT2D eigenvalue weighted by atomic mass is 10.1. The molecule has 0 saturated carbocycles. The molecule has 0 aliphatic rings. The fraction of sp³-hybridized carbons (Fsp3) is 0.154. The van der Waals surface area contributed by atoms with Crippen LogP contribution < -0.4 is 10.5 Å². The van der Waals surface area contributed by atoms with Crippen LogP contribution in [0, 0.1) is 0 Å². The van der Waals surface area contributed by atoms with Crippen molar-refractivity contribution in [2.45, 2.75) is 13.2 Å². The molecule has 0 fully saturated rings. The fourth-order valence-corrected chi connectivity index (χ4v) is 1.69. The molecule has 19 heavy (non-hydrogen) atoms. The van der Waals surface area contributed by atoms with E-state index in [2.05, 4.69) is 16.3 Å². The van der Waals surface area contributed by atoms with E-state index in [-0.39, 0.29) is 5.75 Å². The number of allylic oxidation sites excluding steroid dienone is 1. The largest absolute Gasteiger partial charge is 0.435 e. The number of nitrogens with zero attached hydrogens (tertiary/aromatic N) is 2. The zero-order chi connectivity index (χ0) is 13.8. The second-order valence-corrected chi connectivity index (χ2v) is 3.82. The number of alkyl halides is 2. The summed E-state index contributed by atoms with van der Waals surface area (Å²) in [4.78, 5) is 4.20. The van der Waals surface area contributed by atoms with Gasteiger partial charge >= 0.3 is 6.61 Å². The predicted molar refractivity (Wildman–Crippen MR) is 68.9 cm³/mol. The molecule has 2 N–H and O–H groups in total. The van der Waals surface area contributed by atoms with E-state index in [0.29, 0.717) is 18.1 Å². The molecule has 0 unspecified atom stereocenters. The minimum absolute atomic E-state index is 0.0999. The number of hydrogen-bond acceptors (Lipinski definition) is 3. The Hall–Kier alpha value is -2.37. The van der Waals surface area contributed by atoms with E-state index < -0.39 is 6.61 Å². The molecule has 4 nitrogen and oxygen atoms in total. The van der Waals surface area contributed by atoms with Crippen LogP contribution in [-0.4, -0.2) is 16.2 Å². The van der Waals surface area contributed by atoms with Gasteiger partial charge in [-0.05, 0) is 24.3 Å².